The third-order valence-corrected chi connectivity index (χ3v) is 2.09. The Morgan fingerprint density at radius 3 is 2.73 bits per heavy atom. The van der Waals surface area contributed by atoms with Gasteiger partial charge in [-0.05, 0) is 32.0 Å². The summed E-state index contributed by atoms with van der Waals surface area (Å²) in [5, 5.41) is 0. The molecule has 15 heavy (non-hydrogen) atoms. The van der Waals surface area contributed by atoms with Gasteiger partial charge in [0.25, 0.3) is 0 Å². The van der Waals surface area contributed by atoms with Crippen LogP contribution in [0.15, 0.2) is 24.3 Å². The molecule has 3 nitrogen and oxygen atoms in total. The van der Waals surface area contributed by atoms with Gasteiger partial charge >= 0.3 is 0 Å². The monoisotopic (exact) mass is 210 g/mol. The van der Waals surface area contributed by atoms with Crippen molar-refractivity contribution in [2.75, 3.05) is 11.4 Å². The molecule has 0 radical (unpaired) electrons. The lowest BCUT2D eigenvalue weighted by Gasteiger charge is -2.22. The summed E-state index contributed by atoms with van der Waals surface area (Å²) >= 11 is 0. The average Bonchev–Trinajstić information content (AvgIpc) is 2.18. The van der Waals surface area contributed by atoms with E-state index in [1.54, 1.807) is 19.1 Å². The number of rotatable bonds is 3. The maximum Gasteiger partial charge on any atom is 0.243 e. The SMILES string of the molecule is CCN(C(=O)C(C)N)c1cccc(F)c1. The number of hydrogen-bond donors (Lipinski definition) is 1. The topological polar surface area (TPSA) is 46.3 Å². The van der Waals surface area contributed by atoms with Crippen LogP contribution in [-0.4, -0.2) is 18.5 Å². The van der Waals surface area contributed by atoms with E-state index in [2.05, 4.69) is 0 Å². The van der Waals surface area contributed by atoms with Crippen LogP contribution in [0.5, 0.6) is 0 Å². The second kappa shape index (κ2) is 4.89. The lowest BCUT2D eigenvalue weighted by atomic mass is 10.2. The second-order valence-corrected chi connectivity index (χ2v) is 3.35. The molecule has 82 valence electrons. The maximum absolute atomic E-state index is 13.0. The number of benzene rings is 1. The van der Waals surface area contributed by atoms with E-state index in [-0.39, 0.29) is 11.7 Å². The van der Waals surface area contributed by atoms with Crippen LogP contribution in [0.3, 0.4) is 0 Å². The summed E-state index contributed by atoms with van der Waals surface area (Å²) in [6.07, 6.45) is 0. The maximum atomic E-state index is 13.0. The lowest BCUT2D eigenvalue weighted by molar-refractivity contribution is -0.119. The lowest BCUT2D eigenvalue weighted by Crippen LogP contribution is -2.42. The van der Waals surface area contributed by atoms with Crippen LogP contribution in [0.2, 0.25) is 0 Å². The largest absolute Gasteiger partial charge is 0.320 e. The van der Waals surface area contributed by atoms with Gasteiger partial charge < -0.3 is 10.6 Å². The summed E-state index contributed by atoms with van der Waals surface area (Å²) in [5.41, 5.74) is 6.04. The molecule has 0 fully saturated rings. The Balaban J connectivity index is 2.97. The van der Waals surface area contributed by atoms with E-state index in [4.69, 9.17) is 5.73 Å². The summed E-state index contributed by atoms with van der Waals surface area (Å²) in [5.74, 6) is -0.563. The molecule has 0 aliphatic heterocycles. The molecule has 0 aliphatic rings. The van der Waals surface area contributed by atoms with Gasteiger partial charge in [-0.1, -0.05) is 6.07 Å². The first-order chi connectivity index (χ1) is 7.06. The number of nitrogens with two attached hydrogens (primary N) is 1. The highest BCUT2D eigenvalue weighted by Crippen LogP contribution is 2.15. The zero-order valence-electron chi connectivity index (χ0n) is 8.90. The minimum absolute atomic E-state index is 0.205. The Morgan fingerprint density at radius 2 is 2.27 bits per heavy atom. The van der Waals surface area contributed by atoms with Gasteiger partial charge in [-0.25, -0.2) is 4.39 Å². The number of nitrogens with zero attached hydrogens (tertiary/aromatic N) is 1. The summed E-state index contributed by atoms with van der Waals surface area (Å²) in [7, 11) is 0. The van der Waals surface area contributed by atoms with Gasteiger partial charge in [0.15, 0.2) is 0 Å². The quantitative estimate of drug-likeness (QED) is 0.822. The first-order valence-electron chi connectivity index (χ1n) is 4.88. The molecule has 0 heterocycles. The van der Waals surface area contributed by atoms with E-state index >= 15 is 0 Å². The van der Waals surface area contributed by atoms with E-state index in [1.807, 2.05) is 6.92 Å². The molecule has 1 rings (SSSR count). The second-order valence-electron chi connectivity index (χ2n) is 3.35. The number of carbonyl (C=O) groups excluding carboxylic acids is 1. The van der Waals surface area contributed by atoms with Crippen LogP contribution in [-0.2, 0) is 4.79 Å². The molecule has 1 amide bonds. The molecule has 0 saturated heterocycles. The number of amides is 1. The molecule has 1 unspecified atom stereocenters. The molecule has 0 aliphatic carbocycles. The average molecular weight is 210 g/mol. The summed E-state index contributed by atoms with van der Waals surface area (Å²) in [4.78, 5) is 13.1. The number of halogens is 1. The highest BCUT2D eigenvalue weighted by atomic mass is 19.1. The minimum atomic E-state index is -0.576. The predicted octanol–water partition coefficient (Wildman–Crippen LogP) is 1.53. The van der Waals surface area contributed by atoms with Crippen molar-refractivity contribution in [3.05, 3.63) is 30.1 Å². The van der Waals surface area contributed by atoms with Gasteiger partial charge in [0.2, 0.25) is 5.91 Å². The molecule has 0 bridgehead atoms. The molecular formula is C11H15FN2O. The van der Waals surface area contributed by atoms with Crippen LogP contribution in [0.4, 0.5) is 10.1 Å². The Labute approximate surface area is 88.7 Å². The fourth-order valence-corrected chi connectivity index (χ4v) is 1.36. The Morgan fingerprint density at radius 1 is 1.60 bits per heavy atom. The molecule has 0 spiro atoms. The zero-order valence-corrected chi connectivity index (χ0v) is 8.90. The van der Waals surface area contributed by atoms with E-state index < -0.39 is 6.04 Å². The van der Waals surface area contributed by atoms with Crippen LogP contribution >= 0.6 is 0 Å². The molecule has 1 atom stereocenters. The van der Waals surface area contributed by atoms with Crippen LogP contribution < -0.4 is 10.6 Å². The first kappa shape index (κ1) is 11.7. The van der Waals surface area contributed by atoms with Gasteiger partial charge in [0.05, 0.1) is 6.04 Å². The predicted molar refractivity (Wildman–Crippen MR) is 58.1 cm³/mol. The molecule has 1 aromatic rings. The number of anilines is 1. The molecule has 0 aromatic heterocycles. The highest BCUT2D eigenvalue weighted by Gasteiger charge is 2.17. The Hall–Kier alpha value is -1.42. The standard InChI is InChI=1S/C11H15FN2O/c1-3-14(11(15)8(2)13)10-6-4-5-9(12)7-10/h4-8H,3,13H2,1-2H3. The van der Waals surface area contributed by atoms with Crippen LogP contribution in [0.1, 0.15) is 13.8 Å². The Kier molecular flexibility index (Phi) is 3.80. The van der Waals surface area contributed by atoms with Crippen molar-refractivity contribution < 1.29 is 9.18 Å². The van der Waals surface area contributed by atoms with Crippen LogP contribution in [0, 0.1) is 5.82 Å². The van der Waals surface area contributed by atoms with E-state index in [9.17, 15) is 9.18 Å². The minimum Gasteiger partial charge on any atom is -0.320 e. The number of likely N-dealkylation sites (N-methyl/N-ethyl adjacent to an activating group) is 1. The van der Waals surface area contributed by atoms with Crippen molar-refractivity contribution in [3.63, 3.8) is 0 Å². The molecule has 1 aromatic carbocycles. The van der Waals surface area contributed by atoms with E-state index in [0.29, 0.717) is 12.2 Å². The highest BCUT2D eigenvalue weighted by molar-refractivity contribution is 5.96. The Bertz CT molecular complexity index is 352. The van der Waals surface area contributed by atoms with Crippen molar-refractivity contribution in [1.29, 1.82) is 0 Å². The summed E-state index contributed by atoms with van der Waals surface area (Å²) in [6.45, 7) is 3.92. The van der Waals surface area contributed by atoms with Crippen molar-refractivity contribution in [2.45, 2.75) is 19.9 Å². The molecular weight excluding hydrogens is 195 g/mol. The van der Waals surface area contributed by atoms with Gasteiger partial charge in [-0.15, -0.1) is 0 Å². The smallest absolute Gasteiger partial charge is 0.243 e. The fraction of sp³-hybridized carbons (Fsp3) is 0.364. The summed E-state index contributed by atoms with van der Waals surface area (Å²) < 4.78 is 13.0. The number of hydrogen-bond acceptors (Lipinski definition) is 2. The first-order valence-corrected chi connectivity index (χ1v) is 4.88. The molecule has 2 N–H and O–H groups in total. The third-order valence-electron chi connectivity index (χ3n) is 2.09. The zero-order chi connectivity index (χ0) is 11.4. The van der Waals surface area contributed by atoms with Gasteiger partial charge in [0.1, 0.15) is 5.82 Å². The summed E-state index contributed by atoms with van der Waals surface area (Å²) in [6, 6.07) is 5.35. The van der Waals surface area contributed by atoms with E-state index in [1.165, 1.54) is 17.0 Å². The third kappa shape index (κ3) is 2.76. The van der Waals surface area contributed by atoms with Gasteiger partial charge in [0, 0.05) is 12.2 Å². The van der Waals surface area contributed by atoms with E-state index in [0.717, 1.165) is 0 Å². The van der Waals surface area contributed by atoms with Gasteiger partial charge in [-0.2, -0.15) is 0 Å². The molecule has 4 heteroatoms. The fourth-order valence-electron chi connectivity index (χ4n) is 1.36. The number of carbonyl (C=O) groups is 1. The van der Waals surface area contributed by atoms with Crippen molar-refractivity contribution in [2.24, 2.45) is 5.73 Å². The molecule has 0 saturated carbocycles. The normalized spacial score (nSPS) is 12.3. The van der Waals surface area contributed by atoms with Crippen molar-refractivity contribution in [3.8, 4) is 0 Å². The van der Waals surface area contributed by atoms with Crippen molar-refractivity contribution in [1.82, 2.24) is 0 Å². The van der Waals surface area contributed by atoms with Crippen LogP contribution in [0.25, 0.3) is 0 Å². The van der Waals surface area contributed by atoms with Crippen molar-refractivity contribution >= 4 is 11.6 Å². The van der Waals surface area contributed by atoms with Gasteiger partial charge in [-0.3, -0.25) is 4.79 Å².